The van der Waals surface area contributed by atoms with Gasteiger partial charge in [-0.05, 0) is 24.3 Å². The number of benzene rings is 1. The lowest BCUT2D eigenvalue weighted by molar-refractivity contribution is -0.115. The molecule has 1 aromatic carbocycles. The molecule has 0 fully saturated rings. The van der Waals surface area contributed by atoms with Gasteiger partial charge in [-0.3, -0.25) is 4.79 Å². The van der Waals surface area contributed by atoms with Gasteiger partial charge in [0.1, 0.15) is 5.75 Å². The zero-order valence-corrected chi connectivity index (χ0v) is 11.4. The molecule has 1 heterocycles. The molecule has 0 spiro atoms. The van der Waals surface area contributed by atoms with E-state index in [1.54, 1.807) is 24.4 Å². The zero-order chi connectivity index (χ0) is 14.5. The van der Waals surface area contributed by atoms with Crippen molar-refractivity contribution in [3.05, 3.63) is 29.6 Å². The highest BCUT2D eigenvalue weighted by atomic mass is 32.1. The van der Waals surface area contributed by atoms with Gasteiger partial charge in [-0.2, -0.15) is 8.78 Å². The summed E-state index contributed by atoms with van der Waals surface area (Å²) in [4.78, 5) is 15.5. The Kier molecular flexibility index (Phi) is 4.62. The molecule has 0 unspecified atom stereocenters. The van der Waals surface area contributed by atoms with Crippen molar-refractivity contribution >= 4 is 22.4 Å². The second-order valence-corrected chi connectivity index (χ2v) is 4.70. The average molecular weight is 298 g/mol. The summed E-state index contributed by atoms with van der Waals surface area (Å²) in [6.45, 7) is -1.08. The molecule has 7 heteroatoms. The predicted molar refractivity (Wildman–Crippen MR) is 73.1 cm³/mol. The van der Waals surface area contributed by atoms with Gasteiger partial charge in [0.2, 0.25) is 5.91 Å². The topological polar surface area (TPSA) is 51.2 Å². The van der Waals surface area contributed by atoms with E-state index < -0.39 is 6.61 Å². The average Bonchev–Trinajstić information content (AvgIpc) is 2.87. The minimum absolute atomic E-state index is 0.0958. The van der Waals surface area contributed by atoms with Crippen molar-refractivity contribution in [2.24, 2.45) is 0 Å². The van der Waals surface area contributed by atoms with E-state index in [4.69, 9.17) is 0 Å². The van der Waals surface area contributed by atoms with Crippen LogP contribution in [-0.4, -0.2) is 17.5 Å². The molecule has 2 aromatic rings. The van der Waals surface area contributed by atoms with E-state index in [-0.39, 0.29) is 11.7 Å². The summed E-state index contributed by atoms with van der Waals surface area (Å²) >= 11 is 1.31. The molecule has 0 bridgehead atoms. The third-order valence-electron chi connectivity index (χ3n) is 2.45. The number of halogens is 2. The Morgan fingerprint density at radius 3 is 2.70 bits per heavy atom. The van der Waals surface area contributed by atoms with Crippen LogP contribution in [0, 0.1) is 0 Å². The number of carbonyl (C=O) groups excluding carboxylic acids is 1. The zero-order valence-electron chi connectivity index (χ0n) is 10.6. The number of carbonyl (C=O) groups is 1. The molecule has 0 saturated carbocycles. The third-order valence-corrected chi connectivity index (χ3v) is 3.20. The smallest absolute Gasteiger partial charge is 0.387 e. The van der Waals surface area contributed by atoms with Crippen LogP contribution in [0.3, 0.4) is 0 Å². The first-order chi connectivity index (χ1) is 9.58. The van der Waals surface area contributed by atoms with Crippen molar-refractivity contribution in [3.8, 4) is 17.0 Å². The van der Waals surface area contributed by atoms with E-state index in [1.165, 1.54) is 23.5 Å². The number of rotatable bonds is 5. The minimum atomic E-state index is -2.84. The summed E-state index contributed by atoms with van der Waals surface area (Å²) in [6, 6.07) is 6.17. The number of anilines is 1. The molecule has 0 aliphatic heterocycles. The maximum Gasteiger partial charge on any atom is 0.387 e. The lowest BCUT2D eigenvalue weighted by Crippen LogP contribution is -2.08. The van der Waals surface area contributed by atoms with Gasteiger partial charge >= 0.3 is 6.61 Å². The fraction of sp³-hybridized carbons (Fsp3) is 0.231. The molecule has 0 aliphatic rings. The van der Waals surface area contributed by atoms with Crippen LogP contribution in [-0.2, 0) is 4.79 Å². The van der Waals surface area contributed by atoms with E-state index >= 15 is 0 Å². The van der Waals surface area contributed by atoms with E-state index in [2.05, 4.69) is 15.0 Å². The summed E-state index contributed by atoms with van der Waals surface area (Å²) < 4.78 is 28.3. The van der Waals surface area contributed by atoms with Crippen molar-refractivity contribution < 1.29 is 18.3 Å². The van der Waals surface area contributed by atoms with E-state index in [9.17, 15) is 13.6 Å². The van der Waals surface area contributed by atoms with Crippen molar-refractivity contribution in [1.29, 1.82) is 0 Å². The fourth-order valence-electron chi connectivity index (χ4n) is 1.48. The van der Waals surface area contributed by atoms with Gasteiger partial charge in [0.25, 0.3) is 0 Å². The maximum atomic E-state index is 12.0. The monoisotopic (exact) mass is 298 g/mol. The summed E-state index contributed by atoms with van der Waals surface area (Å²) in [5.74, 6) is -0.00919. The van der Waals surface area contributed by atoms with Gasteiger partial charge in [0.15, 0.2) is 5.13 Å². The SMILES string of the molecule is CCC(=O)Nc1nc(-c2ccc(OC(F)F)cc2)cs1. The summed E-state index contributed by atoms with van der Waals surface area (Å²) in [5.41, 5.74) is 1.44. The fourth-order valence-corrected chi connectivity index (χ4v) is 2.21. The molecule has 0 aliphatic carbocycles. The number of aromatic nitrogens is 1. The Labute approximate surface area is 118 Å². The highest BCUT2D eigenvalue weighted by Gasteiger charge is 2.08. The molecular weight excluding hydrogens is 286 g/mol. The number of alkyl halides is 2. The molecule has 1 aromatic heterocycles. The van der Waals surface area contributed by atoms with Crippen molar-refractivity contribution in [2.75, 3.05) is 5.32 Å². The Morgan fingerprint density at radius 2 is 2.10 bits per heavy atom. The number of hydrogen-bond donors (Lipinski definition) is 1. The molecule has 2 rings (SSSR count). The first-order valence-electron chi connectivity index (χ1n) is 5.89. The van der Waals surface area contributed by atoms with Gasteiger partial charge in [-0.1, -0.05) is 6.92 Å². The standard InChI is InChI=1S/C13H12F2N2O2S/c1-2-11(18)17-13-16-10(7-20-13)8-3-5-9(6-4-8)19-12(14)15/h3-7,12H,2H2,1H3,(H,16,17,18). The van der Waals surface area contributed by atoms with Gasteiger partial charge < -0.3 is 10.1 Å². The van der Waals surface area contributed by atoms with Crippen LogP contribution < -0.4 is 10.1 Å². The van der Waals surface area contributed by atoms with Crippen LogP contribution in [0.1, 0.15) is 13.3 Å². The van der Waals surface area contributed by atoms with Crippen molar-refractivity contribution in [2.45, 2.75) is 20.0 Å². The molecular formula is C13H12F2N2O2S. The van der Waals surface area contributed by atoms with Gasteiger partial charge in [0.05, 0.1) is 5.69 Å². The number of hydrogen-bond acceptors (Lipinski definition) is 4. The highest BCUT2D eigenvalue weighted by Crippen LogP contribution is 2.26. The lowest BCUT2D eigenvalue weighted by atomic mass is 10.2. The number of nitrogens with one attached hydrogen (secondary N) is 1. The molecule has 4 nitrogen and oxygen atoms in total. The largest absolute Gasteiger partial charge is 0.435 e. The maximum absolute atomic E-state index is 12.0. The van der Waals surface area contributed by atoms with Crippen molar-refractivity contribution in [1.82, 2.24) is 4.98 Å². The van der Waals surface area contributed by atoms with Gasteiger partial charge in [-0.15, -0.1) is 11.3 Å². The molecule has 0 atom stereocenters. The van der Waals surface area contributed by atoms with Crippen LogP contribution in [0.2, 0.25) is 0 Å². The van der Waals surface area contributed by atoms with Gasteiger partial charge in [-0.25, -0.2) is 4.98 Å². The van der Waals surface area contributed by atoms with Crippen LogP contribution in [0.4, 0.5) is 13.9 Å². The van der Waals surface area contributed by atoms with Crippen LogP contribution >= 0.6 is 11.3 Å². The summed E-state index contributed by atoms with van der Waals surface area (Å²) in [7, 11) is 0. The number of thiazole rings is 1. The molecule has 1 amide bonds. The second kappa shape index (κ2) is 6.42. The number of nitrogens with zero attached hydrogens (tertiary/aromatic N) is 1. The molecule has 1 N–H and O–H groups in total. The summed E-state index contributed by atoms with van der Waals surface area (Å²) in [5, 5.41) is 4.96. The third kappa shape index (κ3) is 3.74. The first kappa shape index (κ1) is 14.4. The lowest BCUT2D eigenvalue weighted by Gasteiger charge is -2.04. The Balaban J connectivity index is 2.10. The highest BCUT2D eigenvalue weighted by molar-refractivity contribution is 7.14. The molecule has 106 valence electrons. The quantitative estimate of drug-likeness (QED) is 0.914. The second-order valence-electron chi connectivity index (χ2n) is 3.84. The van der Waals surface area contributed by atoms with Crippen LogP contribution in [0.5, 0.6) is 5.75 Å². The predicted octanol–water partition coefficient (Wildman–Crippen LogP) is 3.76. The Morgan fingerprint density at radius 1 is 1.40 bits per heavy atom. The molecule has 0 radical (unpaired) electrons. The first-order valence-corrected chi connectivity index (χ1v) is 6.77. The Hall–Kier alpha value is -2.02. The van der Waals surface area contributed by atoms with Crippen LogP contribution in [0.15, 0.2) is 29.6 Å². The van der Waals surface area contributed by atoms with Gasteiger partial charge in [0, 0.05) is 17.4 Å². The Bertz CT molecular complexity index is 584. The van der Waals surface area contributed by atoms with Crippen molar-refractivity contribution in [3.63, 3.8) is 0 Å². The normalized spacial score (nSPS) is 10.6. The van der Waals surface area contributed by atoms with E-state index in [0.717, 1.165) is 5.56 Å². The van der Waals surface area contributed by atoms with E-state index in [0.29, 0.717) is 17.2 Å². The number of ether oxygens (including phenoxy) is 1. The van der Waals surface area contributed by atoms with E-state index in [1.807, 2.05) is 0 Å². The minimum Gasteiger partial charge on any atom is -0.435 e. The molecule has 20 heavy (non-hydrogen) atoms. The van der Waals surface area contributed by atoms with Crippen LogP contribution in [0.25, 0.3) is 11.3 Å². The molecule has 0 saturated heterocycles. The number of amides is 1. The summed E-state index contributed by atoms with van der Waals surface area (Å²) in [6.07, 6.45) is 0.384.